The second-order valence-electron chi connectivity index (χ2n) is 7.08. The Morgan fingerprint density at radius 2 is 1.69 bits per heavy atom. The molecule has 0 fully saturated rings. The Kier molecular flexibility index (Phi) is 8.52. The molecule has 0 spiro atoms. The number of ether oxygens (including phenoxy) is 2. The predicted octanol–water partition coefficient (Wildman–Crippen LogP) is 6.36. The molecule has 3 aromatic carbocycles. The number of alkyl halides is 3. The maximum absolute atomic E-state index is 12.9. The van der Waals surface area contributed by atoms with Gasteiger partial charge in [0.25, 0.3) is 5.91 Å². The molecule has 6 nitrogen and oxygen atoms in total. The van der Waals surface area contributed by atoms with Crippen LogP contribution in [0.2, 0.25) is 5.02 Å². The molecule has 0 atom stereocenters. The predicted molar refractivity (Wildman–Crippen MR) is 130 cm³/mol. The Hall–Kier alpha value is -3.37. The highest BCUT2D eigenvalue weighted by atomic mass is 35.5. The van der Waals surface area contributed by atoms with E-state index in [1.165, 1.54) is 14.2 Å². The topological polar surface area (TPSA) is 76.7 Å². The number of hydrogen-bond acceptors (Lipinski definition) is 5. The van der Waals surface area contributed by atoms with E-state index in [1.54, 1.807) is 42.5 Å². The van der Waals surface area contributed by atoms with Gasteiger partial charge in [-0.15, -0.1) is 11.8 Å². The summed E-state index contributed by atoms with van der Waals surface area (Å²) in [5, 5.41) is 5.16. The van der Waals surface area contributed by atoms with Crippen LogP contribution in [0.1, 0.15) is 15.9 Å². The van der Waals surface area contributed by atoms with Gasteiger partial charge in [-0.25, -0.2) is 0 Å². The van der Waals surface area contributed by atoms with Crippen molar-refractivity contribution in [3.05, 3.63) is 76.8 Å². The van der Waals surface area contributed by atoms with Crippen molar-refractivity contribution >= 4 is 46.6 Å². The lowest BCUT2D eigenvalue weighted by Crippen LogP contribution is -2.15. The minimum atomic E-state index is -4.55. The van der Waals surface area contributed by atoms with Gasteiger partial charge in [-0.05, 0) is 54.6 Å². The first-order valence-corrected chi connectivity index (χ1v) is 11.4. The van der Waals surface area contributed by atoms with E-state index in [0.717, 1.165) is 30.0 Å². The highest BCUT2D eigenvalue weighted by molar-refractivity contribution is 8.00. The van der Waals surface area contributed by atoms with Crippen molar-refractivity contribution in [3.8, 4) is 11.5 Å². The lowest BCUT2D eigenvalue weighted by Gasteiger charge is -2.12. The van der Waals surface area contributed by atoms with Crippen LogP contribution in [0.5, 0.6) is 11.5 Å². The van der Waals surface area contributed by atoms with Crippen LogP contribution < -0.4 is 20.1 Å². The van der Waals surface area contributed by atoms with Gasteiger partial charge in [0.1, 0.15) is 0 Å². The molecule has 0 heterocycles. The van der Waals surface area contributed by atoms with Crippen molar-refractivity contribution in [2.24, 2.45) is 0 Å². The fourth-order valence-electron chi connectivity index (χ4n) is 2.98. The Balaban J connectivity index is 1.62. The summed E-state index contributed by atoms with van der Waals surface area (Å²) in [5.74, 6) is -0.0795. The fraction of sp³-hybridized carbons (Fsp3) is 0.167. The summed E-state index contributed by atoms with van der Waals surface area (Å²) >= 11 is 7.07. The van der Waals surface area contributed by atoms with Crippen molar-refractivity contribution in [2.75, 3.05) is 30.6 Å². The summed E-state index contributed by atoms with van der Waals surface area (Å²) < 4.78 is 49.1. The Bertz CT molecular complexity index is 1240. The largest absolute Gasteiger partial charge is 0.493 e. The van der Waals surface area contributed by atoms with Crippen LogP contribution in [0.4, 0.5) is 24.5 Å². The third kappa shape index (κ3) is 7.06. The van der Waals surface area contributed by atoms with Gasteiger partial charge in [0, 0.05) is 16.1 Å². The number of halogens is 4. The number of nitrogens with one attached hydrogen (secondary N) is 2. The molecule has 0 aromatic heterocycles. The Labute approximate surface area is 208 Å². The van der Waals surface area contributed by atoms with E-state index in [9.17, 15) is 22.8 Å². The lowest BCUT2D eigenvalue weighted by atomic mass is 10.2. The van der Waals surface area contributed by atoms with Gasteiger partial charge >= 0.3 is 6.18 Å². The zero-order chi connectivity index (χ0) is 25.6. The van der Waals surface area contributed by atoms with Crippen molar-refractivity contribution in [1.82, 2.24) is 0 Å². The number of carbonyl (C=O) groups excluding carboxylic acids is 2. The van der Waals surface area contributed by atoms with Crippen molar-refractivity contribution in [3.63, 3.8) is 0 Å². The average Bonchev–Trinajstić information content (AvgIpc) is 2.83. The molecule has 184 valence electrons. The number of methoxy groups -OCH3 is 2. The first-order valence-electron chi connectivity index (χ1n) is 10.0. The van der Waals surface area contributed by atoms with Crippen LogP contribution in [-0.2, 0) is 11.0 Å². The monoisotopic (exact) mass is 524 g/mol. The Morgan fingerprint density at radius 1 is 0.943 bits per heavy atom. The number of anilines is 2. The molecule has 35 heavy (non-hydrogen) atoms. The molecule has 2 amide bonds. The molecular formula is C24H20ClF3N2O4S. The van der Waals surface area contributed by atoms with Crippen LogP contribution in [0.15, 0.2) is 65.6 Å². The van der Waals surface area contributed by atoms with Gasteiger partial charge in [-0.3, -0.25) is 9.59 Å². The fourth-order valence-corrected chi connectivity index (χ4v) is 3.90. The van der Waals surface area contributed by atoms with E-state index in [0.29, 0.717) is 27.6 Å². The van der Waals surface area contributed by atoms with Crippen LogP contribution in [-0.4, -0.2) is 31.8 Å². The highest BCUT2D eigenvalue weighted by Gasteiger charge is 2.31. The highest BCUT2D eigenvalue weighted by Crippen LogP contribution is 2.34. The maximum atomic E-state index is 12.9. The molecular weight excluding hydrogens is 505 g/mol. The number of benzene rings is 3. The second kappa shape index (κ2) is 11.4. The van der Waals surface area contributed by atoms with Gasteiger partial charge < -0.3 is 20.1 Å². The molecule has 2 N–H and O–H groups in total. The normalized spacial score (nSPS) is 11.0. The molecule has 0 aliphatic carbocycles. The molecule has 11 heteroatoms. The van der Waals surface area contributed by atoms with E-state index in [4.69, 9.17) is 21.1 Å². The maximum Gasteiger partial charge on any atom is 0.416 e. The summed E-state index contributed by atoms with van der Waals surface area (Å²) in [6.45, 7) is 0. The van der Waals surface area contributed by atoms with Crippen LogP contribution in [0.25, 0.3) is 0 Å². The molecule has 3 rings (SSSR count). The standard InChI is InChI=1S/C24H20ClF3N2O4S/c1-33-20-9-6-14(10-21(20)34-2)23(32)29-16-4-3-5-17(12-16)35-13-22(31)30-19-11-15(24(26,27)28)7-8-18(19)25/h3-12H,13H2,1-2H3,(H,29,32)(H,30,31). The molecule has 0 aliphatic rings. The minimum absolute atomic E-state index is 0.00350. The van der Waals surface area contributed by atoms with Crippen molar-refractivity contribution < 1.29 is 32.2 Å². The van der Waals surface area contributed by atoms with E-state index < -0.39 is 17.6 Å². The zero-order valence-corrected chi connectivity index (χ0v) is 20.1. The van der Waals surface area contributed by atoms with Crippen molar-refractivity contribution in [2.45, 2.75) is 11.1 Å². The lowest BCUT2D eigenvalue weighted by molar-refractivity contribution is -0.137. The molecule has 0 saturated carbocycles. The number of rotatable bonds is 8. The summed E-state index contributed by atoms with van der Waals surface area (Å²) in [7, 11) is 2.96. The van der Waals surface area contributed by atoms with Crippen molar-refractivity contribution in [1.29, 1.82) is 0 Å². The third-order valence-corrected chi connectivity index (χ3v) is 6.00. The van der Waals surface area contributed by atoms with Gasteiger partial charge in [-0.2, -0.15) is 13.2 Å². The number of amides is 2. The second-order valence-corrected chi connectivity index (χ2v) is 8.54. The van der Waals surface area contributed by atoms with Crippen LogP contribution in [0.3, 0.4) is 0 Å². The van der Waals surface area contributed by atoms with Crippen LogP contribution in [0, 0.1) is 0 Å². The molecule has 0 unspecified atom stereocenters. The molecule has 0 aliphatic heterocycles. The van der Waals surface area contributed by atoms with Gasteiger partial charge in [0.2, 0.25) is 5.91 Å². The van der Waals surface area contributed by atoms with E-state index in [-0.39, 0.29) is 22.4 Å². The van der Waals surface area contributed by atoms with Gasteiger partial charge in [0.15, 0.2) is 11.5 Å². The molecule has 0 saturated heterocycles. The van der Waals surface area contributed by atoms with Gasteiger partial charge in [-0.1, -0.05) is 17.7 Å². The summed E-state index contributed by atoms with van der Waals surface area (Å²) in [6.07, 6.45) is -4.55. The molecule has 3 aromatic rings. The zero-order valence-electron chi connectivity index (χ0n) is 18.5. The smallest absolute Gasteiger partial charge is 0.416 e. The first kappa shape index (κ1) is 26.2. The number of hydrogen-bond donors (Lipinski definition) is 2. The molecule has 0 bridgehead atoms. The summed E-state index contributed by atoms with van der Waals surface area (Å²) in [5.41, 5.74) is -0.181. The minimum Gasteiger partial charge on any atom is -0.493 e. The van der Waals surface area contributed by atoms with Gasteiger partial charge in [0.05, 0.1) is 36.2 Å². The average molecular weight is 525 g/mol. The number of thioether (sulfide) groups is 1. The Morgan fingerprint density at radius 3 is 2.37 bits per heavy atom. The van der Waals surface area contributed by atoms with E-state index in [2.05, 4.69) is 10.6 Å². The van der Waals surface area contributed by atoms with Crippen LogP contribution >= 0.6 is 23.4 Å². The van der Waals surface area contributed by atoms with E-state index in [1.807, 2.05) is 0 Å². The molecule has 0 radical (unpaired) electrons. The summed E-state index contributed by atoms with van der Waals surface area (Å²) in [4.78, 5) is 25.6. The number of carbonyl (C=O) groups is 2. The SMILES string of the molecule is COc1ccc(C(=O)Nc2cccc(SCC(=O)Nc3cc(C(F)(F)F)ccc3Cl)c2)cc1OC. The quantitative estimate of drug-likeness (QED) is 0.335. The first-order chi connectivity index (χ1) is 16.6. The third-order valence-electron chi connectivity index (χ3n) is 4.68. The summed E-state index contributed by atoms with van der Waals surface area (Å²) in [6, 6.07) is 14.3. The van der Waals surface area contributed by atoms with E-state index >= 15 is 0 Å².